The highest BCUT2D eigenvalue weighted by molar-refractivity contribution is 6.33. The number of aromatic nitrogens is 2. The molecular weight excluding hydrogens is 346 g/mol. The molecule has 0 radical (unpaired) electrons. The summed E-state index contributed by atoms with van der Waals surface area (Å²) in [6.07, 6.45) is 6.62. The molecule has 0 spiro atoms. The second-order valence-electron chi connectivity index (χ2n) is 7.76. The first-order chi connectivity index (χ1) is 12.3. The number of amides is 1. The SMILES string of the molecule is CC(C)(C)CCn1cc(CC(=O)Nc2ccncc2Cl)c2ccccc21. The van der Waals surface area contributed by atoms with Crippen LogP contribution in [0, 0.1) is 5.41 Å². The standard InChI is InChI=1S/C21H24ClN3O/c1-21(2,3)9-11-25-14-15(16-6-4-5-7-19(16)25)12-20(26)24-18-8-10-23-13-17(18)22/h4-8,10,13-14H,9,11-12H2,1-3H3,(H,23,24,26). The van der Waals surface area contributed by atoms with Crippen LogP contribution in [0.2, 0.25) is 5.02 Å². The number of rotatable bonds is 5. The smallest absolute Gasteiger partial charge is 0.228 e. The van der Waals surface area contributed by atoms with Crippen LogP contribution in [0.25, 0.3) is 10.9 Å². The average molecular weight is 370 g/mol. The zero-order valence-electron chi connectivity index (χ0n) is 15.4. The van der Waals surface area contributed by atoms with Gasteiger partial charge in [-0.15, -0.1) is 0 Å². The van der Waals surface area contributed by atoms with Gasteiger partial charge in [0, 0.05) is 36.0 Å². The first-order valence-electron chi connectivity index (χ1n) is 8.79. The van der Waals surface area contributed by atoms with Gasteiger partial charge in [-0.25, -0.2) is 0 Å². The van der Waals surface area contributed by atoms with Crippen molar-refractivity contribution in [2.45, 2.75) is 40.2 Å². The number of nitrogens with zero attached hydrogens (tertiary/aromatic N) is 2. The second kappa shape index (κ2) is 7.50. The summed E-state index contributed by atoms with van der Waals surface area (Å²) >= 11 is 6.07. The van der Waals surface area contributed by atoms with E-state index in [0.717, 1.165) is 23.9 Å². The van der Waals surface area contributed by atoms with Gasteiger partial charge in [0.1, 0.15) is 0 Å². The van der Waals surface area contributed by atoms with E-state index < -0.39 is 0 Å². The van der Waals surface area contributed by atoms with E-state index in [1.807, 2.05) is 12.1 Å². The van der Waals surface area contributed by atoms with Crippen molar-refractivity contribution in [2.75, 3.05) is 5.32 Å². The number of hydrogen-bond acceptors (Lipinski definition) is 2. The van der Waals surface area contributed by atoms with Crippen LogP contribution in [0.5, 0.6) is 0 Å². The molecule has 1 aromatic carbocycles. The van der Waals surface area contributed by atoms with E-state index in [1.54, 1.807) is 12.3 Å². The van der Waals surface area contributed by atoms with Gasteiger partial charge in [-0.2, -0.15) is 0 Å². The zero-order valence-corrected chi connectivity index (χ0v) is 16.2. The number of carbonyl (C=O) groups excluding carboxylic acids is 1. The van der Waals surface area contributed by atoms with Gasteiger partial charge in [0.25, 0.3) is 0 Å². The van der Waals surface area contributed by atoms with Gasteiger partial charge in [-0.05, 0) is 29.5 Å². The Kier molecular flexibility index (Phi) is 5.33. The Hall–Kier alpha value is -2.33. The fraction of sp³-hybridized carbons (Fsp3) is 0.333. The molecule has 136 valence electrons. The van der Waals surface area contributed by atoms with Crippen molar-refractivity contribution in [1.29, 1.82) is 0 Å². The fourth-order valence-electron chi connectivity index (χ4n) is 2.95. The molecule has 2 heterocycles. The number of anilines is 1. The minimum absolute atomic E-state index is 0.0863. The summed E-state index contributed by atoms with van der Waals surface area (Å²) in [5.41, 5.74) is 3.04. The lowest BCUT2D eigenvalue weighted by molar-refractivity contribution is -0.115. The Bertz CT molecular complexity index is 924. The number of fused-ring (bicyclic) bond motifs is 1. The number of halogens is 1. The Balaban J connectivity index is 1.81. The highest BCUT2D eigenvalue weighted by Crippen LogP contribution is 2.26. The molecule has 5 heteroatoms. The van der Waals surface area contributed by atoms with Crippen LogP contribution in [-0.2, 0) is 17.8 Å². The first-order valence-corrected chi connectivity index (χ1v) is 9.17. The minimum atomic E-state index is -0.0863. The Morgan fingerprint density at radius 2 is 2.00 bits per heavy atom. The summed E-state index contributed by atoms with van der Waals surface area (Å²) < 4.78 is 2.25. The molecular formula is C21H24ClN3O. The molecule has 0 unspecified atom stereocenters. The normalized spacial score (nSPS) is 11.7. The van der Waals surface area contributed by atoms with E-state index in [4.69, 9.17) is 11.6 Å². The lowest BCUT2D eigenvalue weighted by Gasteiger charge is -2.18. The van der Waals surface area contributed by atoms with Crippen LogP contribution < -0.4 is 5.32 Å². The van der Waals surface area contributed by atoms with E-state index in [1.165, 1.54) is 11.7 Å². The van der Waals surface area contributed by atoms with Gasteiger partial charge in [0.15, 0.2) is 0 Å². The number of benzene rings is 1. The van der Waals surface area contributed by atoms with Crippen LogP contribution in [-0.4, -0.2) is 15.5 Å². The van der Waals surface area contributed by atoms with Crippen molar-refractivity contribution in [2.24, 2.45) is 5.41 Å². The predicted molar refractivity (Wildman–Crippen MR) is 108 cm³/mol. The third-order valence-corrected chi connectivity index (χ3v) is 4.67. The summed E-state index contributed by atoms with van der Waals surface area (Å²) in [5.74, 6) is -0.0863. The molecule has 0 bridgehead atoms. The molecule has 1 amide bonds. The third kappa shape index (κ3) is 4.44. The second-order valence-corrected chi connectivity index (χ2v) is 8.16. The Morgan fingerprint density at radius 3 is 2.73 bits per heavy atom. The van der Waals surface area contributed by atoms with Gasteiger partial charge >= 0.3 is 0 Å². The number of nitrogens with one attached hydrogen (secondary N) is 1. The minimum Gasteiger partial charge on any atom is -0.347 e. The number of aryl methyl sites for hydroxylation is 1. The average Bonchev–Trinajstić information content (AvgIpc) is 2.92. The quantitative estimate of drug-likeness (QED) is 0.662. The molecule has 0 aliphatic rings. The van der Waals surface area contributed by atoms with Crippen molar-refractivity contribution in [3.8, 4) is 0 Å². The van der Waals surface area contributed by atoms with Crippen LogP contribution in [0.15, 0.2) is 48.9 Å². The highest BCUT2D eigenvalue weighted by Gasteiger charge is 2.15. The molecule has 26 heavy (non-hydrogen) atoms. The molecule has 0 saturated heterocycles. The van der Waals surface area contributed by atoms with E-state index in [9.17, 15) is 4.79 Å². The molecule has 0 fully saturated rings. The van der Waals surface area contributed by atoms with Crippen molar-refractivity contribution in [3.05, 3.63) is 59.5 Å². The zero-order chi connectivity index (χ0) is 18.7. The van der Waals surface area contributed by atoms with Crippen molar-refractivity contribution >= 4 is 34.1 Å². The third-order valence-electron chi connectivity index (χ3n) is 4.37. The highest BCUT2D eigenvalue weighted by atomic mass is 35.5. The molecule has 3 rings (SSSR count). The van der Waals surface area contributed by atoms with E-state index in [2.05, 4.69) is 54.0 Å². The first kappa shape index (κ1) is 18.5. The molecule has 1 N–H and O–H groups in total. The van der Waals surface area contributed by atoms with Gasteiger partial charge in [-0.3, -0.25) is 9.78 Å². The van der Waals surface area contributed by atoms with Crippen molar-refractivity contribution < 1.29 is 4.79 Å². The van der Waals surface area contributed by atoms with Gasteiger partial charge in [0.05, 0.1) is 17.1 Å². The summed E-state index contributed by atoms with van der Waals surface area (Å²) in [7, 11) is 0. The fourth-order valence-corrected chi connectivity index (χ4v) is 3.12. The lowest BCUT2D eigenvalue weighted by Crippen LogP contribution is -2.14. The molecule has 3 aromatic rings. The van der Waals surface area contributed by atoms with Gasteiger partial charge < -0.3 is 9.88 Å². The molecule has 0 atom stereocenters. The maximum atomic E-state index is 12.5. The van der Waals surface area contributed by atoms with Gasteiger partial charge in [-0.1, -0.05) is 50.6 Å². The van der Waals surface area contributed by atoms with Crippen LogP contribution in [0.4, 0.5) is 5.69 Å². The van der Waals surface area contributed by atoms with E-state index >= 15 is 0 Å². The maximum absolute atomic E-state index is 12.5. The van der Waals surface area contributed by atoms with Crippen molar-refractivity contribution in [3.63, 3.8) is 0 Å². The van der Waals surface area contributed by atoms with Gasteiger partial charge in [0.2, 0.25) is 5.91 Å². The number of carbonyl (C=O) groups is 1. The van der Waals surface area contributed by atoms with Crippen LogP contribution in [0.1, 0.15) is 32.8 Å². The van der Waals surface area contributed by atoms with E-state index in [-0.39, 0.29) is 11.3 Å². The Labute approximate surface area is 159 Å². The monoisotopic (exact) mass is 369 g/mol. The summed E-state index contributed by atoms with van der Waals surface area (Å²) in [6, 6.07) is 9.94. The number of para-hydroxylation sites is 1. The maximum Gasteiger partial charge on any atom is 0.228 e. The molecule has 0 aliphatic carbocycles. The predicted octanol–water partition coefficient (Wildman–Crippen LogP) is 5.31. The van der Waals surface area contributed by atoms with Crippen LogP contribution >= 0.6 is 11.6 Å². The molecule has 0 aliphatic heterocycles. The molecule has 4 nitrogen and oxygen atoms in total. The number of hydrogen-bond donors (Lipinski definition) is 1. The molecule has 0 saturated carbocycles. The van der Waals surface area contributed by atoms with Crippen molar-refractivity contribution in [1.82, 2.24) is 9.55 Å². The summed E-state index contributed by atoms with van der Waals surface area (Å²) in [5, 5.41) is 4.43. The summed E-state index contributed by atoms with van der Waals surface area (Å²) in [4.78, 5) is 16.4. The topological polar surface area (TPSA) is 46.9 Å². The lowest BCUT2D eigenvalue weighted by atomic mass is 9.92. The largest absolute Gasteiger partial charge is 0.347 e. The van der Waals surface area contributed by atoms with E-state index in [0.29, 0.717) is 17.1 Å². The van der Waals surface area contributed by atoms with Crippen LogP contribution in [0.3, 0.4) is 0 Å². The number of pyridine rings is 1. The Morgan fingerprint density at radius 1 is 1.23 bits per heavy atom. The molecule has 2 aromatic heterocycles. The summed E-state index contributed by atoms with van der Waals surface area (Å²) in [6.45, 7) is 7.66.